The highest BCUT2D eigenvalue weighted by molar-refractivity contribution is 7.89. The molecule has 0 unspecified atom stereocenters. The monoisotopic (exact) mass is 475 g/mol. The summed E-state index contributed by atoms with van der Waals surface area (Å²) in [6, 6.07) is 28.8. The molecular formula is C28H33N3O2S. The summed E-state index contributed by atoms with van der Waals surface area (Å²) in [5, 5.41) is 1.26. The molecule has 0 radical (unpaired) electrons. The van der Waals surface area contributed by atoms with Gasteiger partial charge in [-0.3, -0.25) is 0 Å². The third-order valence-corrected chi connectivity index (χ3v) is 8.13. The third-order valence-electron chi connectivity index (χ3n) is 6.08. The second kappa shape index (κ2) is 10.1. The number of sulfonamides is 1. The van der Waals surface area contributed by atoms with Crippen LogP contribution in [0.4, 0.5) is 0 Å². The van der Waals surface area contributed by atoms with E-state index in [1.165, 1.54) is 0 Å². The van der Waals surface area contributed by atoms with Crippen molar-refractivity contribution >= 4 is 20.9 Å². The zero-order valence-corrected chi connectivity index (χ0v) is 21.1. The molecule has 0 aliphatic rings. The van der Waals surface area contributed by atoms with Gasteiger partial charge >= 0.3 is 0 Å². The van der Waals surface area contributed by atoms with Crippen LogP contribution >= 0.6 is 0 Å². The fraction of sp³-hybridized carbons (Fsp3) is 0.286. The molecule has 0 aliphatic carbocycles. The summed E-state index contributed by atoms with van der Waals surface area (Å²) in [6.07, 6.45) is 0. The first kappa shape index (κ1) is 24.2. The maximum absolute atomic E-state index is 14.5. The van der Waals surface area contributed by atoms with Crippen molar-refractivity contribution in [1.82, 2.24) is 13.8 Å². The molecule has 1 heterocycles. The fourth-order valence-electron chi connectivity index (χ4n) is 4.51. The molecular weight excluding hydrogens is 442 g/mol. The van der Waals surface area contributed by atoms with Crippen molar-refractivity contribution in [3.8, 4) is 0 Å². The second-order valence-corrected chi connectivity index (χ2v) is 10.9. The Morgan fingerprint density at radius 3 is 1.85 bits per heavy atom. The number of likely N-dealkylation sites (N-methyl/N-ethyl adjacent to an activating group) is 1. The Morgan fingerprint density at radius 1 is 0.794 bits per heavy atom. The van der Waals surface area contributed by atoms with Crippen LogP contribution in [0.25, 0.3) is 10.9 Å². The van der Waals surface area contributed by atoms with Crippen molar-refractivity contribution in [3.63, 3.8) is 0 Å². The molecule has 0 amide bonds. The number of hydrogen-bond acceptors (Lipinski definition) is 3. The maximum atomic E-state index is 14.5. The van der Waals surface area contributed by atoms with Gasteiger partial charge in [-0.25, -0.2) is 8.42 Å². The van der Waals surface area contributed by atoms with E-state index in [1.807, 2.05) is 124 Å². The zero-order valence-electron chi connectivity index (χ0n) is 20.3. The van der Waals surface area contributed by atoms with E-state index in [1.54, 1.807) is 4.31 Å². The highest BCUT2D eigenvalue weighted by atomic mass is 32.2. The Hall–Kier alpha value is -2.93. The lowest BCUT2D eigenvalue weighted by Gasteiger charge is -2.35. The van der Waals surface area contributed by atoms with Gasteiger partial charge in [0.15, 0.2) is 5.03 Å². The molecule has 34 heavy (non-hydrogen) atoms. The van der Waals surface area contributed by atoms with Crippen LogP contribution in [0.15, 0.2) is 96.0 Å². The highest BCUT2D eigenvalue weighted by Crippen LogP contribution is 2.36. The lowest BCUT2D eigenvalue weighted by atomic mass is 9.98. The van der Waals surface area contributed by atoms with Gasteiger partial charge in [-0.1, -0.05) is 78.9 Å². The number of para-hydroxylation sites is 1. The molecule has 0 N–H and O–H groups in total. The van der Waals surface area contributed by atoms with Gasteiger partial charge in [0.05, 0.1) is 6.04 Å². The van der Waals surface area contributed by atoms with E-state index < -0.39 is 16.1 Å². The minimum absolute atomic E-state index is 0.254. The predicted octanol–water partition coefficient (Wildman–Crippen LogP) is 5.39. The van der Waals surface area contributed by atoms with Crippen LogP contribution in [0.3, 0.4) is 0 Å². The quantitative estimate of drug-likeness (QED) is 0.326. The first-order chi connectivity index (χ1) is 16.3. The van der Waals surface area contributed by atoms with Gasteiger partial charge in [0.1, 0.15) is 0 Å². The molecule has 0 aliphatic heterocycles. The standard InChI is InChI=1S/C28H33N3O2S/c1-22(2)31(28(23-13-7-5-8-14-23)24-15-9-6-10-16-24)34(32,33)27-21-25-17-11-12-18-26(25)30(27)20-19-29(3)4/h5-18,21-22,28H,19-20H2,1-4H3. The summed E-state index contributed by atoms with van der Waals surface area (Å²) in [4.78, 5) is 2.07. The van der Waals surface area contributed by atoms with Gasteiger partial charge < -0.3 is 9.47 Å². The van der Waals surface area contributed by atoms with E-state index in [9.17, 15) is 8.42 Å². The number of hydrogen-bond donors (Lipinski definition) is 0. The number of benzene rings is 3. The van der Waals surface area contributed by atoms with Crippen LogP contribution in [-0.4, -0.2) is 48.9 Å². The van der Waals surface area contributed by atoms with Crippen molar-refractivity contribution < 1.29 is 8.42 Å². The largest absolute Gasteiger partial charge is 0.329 e. The normalized spacial score (nSPS) is 12.5. The van der Waals surface area contributed by atoms with E-state index >= 15 is 0 Å². The molecule has 4 rings (SSSR count). The molecule has 6 heteroatoms. The third kappa shape index (κ3) is 4.80. The lowest BCUT2D eigenvalue weighted by molar-refractivity contribution is 0.303. The van der Waals surface area contributed by atoms with Gasteiger partial charge in [-0.15, -0.1) is 0 Å². The molecule has 0 atom stereocenters. The molecule has 178 valence electrons. The molecule has 0 fully saturated rings. The molecule has 4 aromatic rings. The van der Waals surface area contributed by atoms with Crippen LogP contribution in [0.1, 0.15) is 31.0 Å². The average molecular weight is 476 g/mol. The van der Waals surface area contributed by atoms with E-state index in [4.69, 9.17) is 0 Å². The Balaban J connectivity index is 1.92. The summed E-state index contributed by atoms with van der Waals surface area (Å²) in [5.41, 5.74) is 2.83. The Kier molecular flexibility index (Phi) is 7.22. The van der Waals surface area contributed by atoms with Gasteiger partial charge in [-0.2, -0.15) is 4.31 Å². The fourth-order valence-corrected chi connectivity index (χ4v) is 6.54. The van der Waals surface area contributed by atoms with E-state index in [-0.39, 0.29) is 6.04 Å². The number of rotatable bonds is 9. The van der Waals surface area contributed by atoms with E-state index in [0.717, 1.165) is 28.6 Å². The molecule has 0 spiro atoms. The van der Waals surface area contributed by atoms with Crippen molar-refractivity contribution in [1.29, 1.82) is 0 Å². The molecule has 0 bridgehead atoms. The smallest absolute Gasteiger partial charge is 0.259 e. The van der Waals surface area contributed by atoms with Gasteiger partial charge in [0.25, 0.3) is 10.0 Å². The first-order valence-electron chi connectivity index (χ1n) is 11.7. The zero-order chi connectivity index (χ0) is 24.3. The minimum Gasteiger partial charge on any atom is -0.329 e. The number of fused-ring (bicyclic) bond motifs is 1. The maximum Gasteiger partial charge on any atom is 0.259 e. The van der Waals surface area contributed by atoms with Crippen LogP contribution in [0.5, 0.6) is 0 Å². The Morgan fingerprint density at radius 2 is 1.32 bits per heavy atom. The van der Waals surface area contributed by atoms with Crippen molar-refractivity contribution in [2.75, 3.05) is 20.6 Å². The number of nitrogens with zero attached hydrogens (tertiary/aromatic N) is 3. The van der Waals surface area contributed by atoms with Crippen LogP contribution in [-0.2, 0) is 16.6 Å². The summed E-state index contributed by atoms with van der Waals surface area (Å²) in [5.74, 6) is 0. The number of aromatic nitrogens is 1. The SMILES string of the molecule is CC(C)N(C(c1ccccc1)c1ccccc1)S(=O)(=O)c1cc2ccccc2n1CCN(C)C. The second-order valence-electron chi connectivity index (χ2n) is 9.15. The minimum atomic E-state index is -3.86. The lowest BCUT2D eigenvalue weighted by Crippen LogP contribution is -2.41. The Labute approximate surface area is 203 Å². The van der Waals surface area contributed by atoms with Gasteiger partial charge in [0.2, 0.25) is 0 Å². The summed E-state index contributed by atoms with van der Waals surface area (Å²) < 4.78 is 32.6. The molecule has 5 nitrogen and oxygen atoms in total. The van der Waals surface area contributed by atoms with Crippen molar-refractivity contribution in [3.05, 3.63) is 102 Å². The van der Waals surface area contributed by atoms with Gasteiger partial charge in [-0.05, 0) is 51.2 Å². The molecule has 0 saturated carbocycles. The average Bonchev–Trinajstić information content (AvgIpc) is 3.21. The first-order valence-corrected chi connectivity index (χ1v) is 13.1. The van der Waals surface area contributed by atoms with Crippen molar-refractivity contribution in [2.45, 2.75) is 37.5 Å². The van der Waals surface area contributed by atoms with E-state index in [0.29, 0.717) is 11.6 Å². The van der Waals surface area contributed by atoms with Crippen molar-refractivity contribution in [2.24, 2.45) is 0 Å². The Bertz CT molecular complexity index is 1290. The summed E-state index contributed by atoms with van der Waals surface area (Å²) in [7, 11) is 0.144. The molecule has 1 aromatic heterocycles. The summed E-state index contributed by atoms with van der Waals surface area (Å²) >= 11 is 0. The molecule has 3 aromatic carbocycles. The van der Waals surface area contributed by atoms with E-state index in [2.05, 4.69) is 4.90 Å². The molecule has 0 saturated heterocycles. The van der Waals surface area contributed by atoms with Crippen LogP contribution in [0.2, 0.25) is 0 Å². The predicted molar refractivity (Wildman–Crippen MR) is 139 cm³/mol. The van der Waals surface area contributed by atoms with Gasteiger partial charge in [0, 0.05) is 30.0 Å². The summed E-state index contributed by atoms with van der Waals surface area (Å²) in [6.45, 7) is 5.22. The highest BCUT2D eigenvalue weighted by Gasteiger charge is 2.37. The van der Waals surface area contributed by atoms with Crippen LogP contribution in [0, 0.1) is 0 Å². The van der Waals surface area contributed by atoms with Crippen LogP contribution < -0.4 is 0 Å². The topological polar surface area (TPSA) is 45.6 Å².